The number of carbonyl (C=O) groups is 1. The average Bonchev–Trinajstić information content (AvgIpc) is 2.64. The van der Waals surface area contributed by atoms with E-state index in [0.29, 0.717) is 19.7 Å². The van der Waals surface area contributed by atoms with E-state index in [1.54, 1.807) is 18.6 Å². The first-order valence-electron chi connectivity index (χ1n) is 8.06. The SMILES string of the molecule is CCOc1ccc(NC(=O)N2CCN(c3cnccn3)CC2)cc1. The maximum atomic E-state index is 12.4. The lowest BCUT2D eigenvalue weighted by Crippen LogP contribution is -2.50. The van der Waals surface area contributed by atoms with Gasteiger partial charge in [-0.1, -0.05) is 0 Å². The van der Waals surface area contributed by atoms with Gasteiger partial charge in [0.15, 0.2) is 0 Å². The number of anilines is 2. The van der Waals surface area contributed by atoms with Gasteiger partial charge in [0.05, 0.1) is 12.8 Å². The molecule has 1 aliphatic rings. The summed E-state index contributed by atoms with van der Waals surface area (Å²) in [7, 11) is 0. The molecule has 0 spiro atoms. The number of urea groups is 1. The first-order chi connectivity index (χ1) is 11.8. The van der Waals surface area contributed by atoms with Gasteiger partial charge in [0.2, 0.25) is 0 Å². The van der Waals surface area contributed by atoms with Crippen LogP contribution in [-0.2, 0) is 0 Å². The minimum Gasteiger partial charge on any atom is -0.494 e. The monoisotopic (exact) mass is 327 g/mol. The Kier molecular flexibility index (Phi) is 5.10. The normalized spacial score (nSPS) is 14.4. The number of nitrogens with one attached hydrogen (secondary N) is 1. The summed E-state index contributed by atoms with van der Waals surface area (Å²) < 4.78 is 5.40. The van der Waals surface area contributed by atoms with Crippen LogP contribution in [0.3, 0.4) is 0 Å². The average molecular weight is 327 g/mol. The Morgan fingerprint density at radius 1 is 1.17 bits per heavy atom. The summed E-state index contributed by atoms with van der Waals surface area (Å²) in [5, 5.41) is 2.92. The number of carbonyl (C=O) groups excluding carboxylic acids is 1. The second kappa shape index (κ2) is 7.63. The van der Waals surface area contributed by atoms with Crippen molar-refractivity contribution < 1.29 is 9.53 Å². The highest BCUT2D eigenvalue weighted by Gasteiger charge is 2.21. The molecule has 2 amide bonds. The number of amides is 2. The van der Waals surface area contributed by atoms with E-state index in [0.717, 1.165) is 30.3 Å². The van der Waals surface area contributed by atoms with Crippen LogP contribution in [0.5, 0.6) is 5.75 Å². The molecule has 0 bridgehead atoms. The standard InChI is InChI=1S/C17H21N5O2/c1-2-24-15-5-3-14(4-6-15)20-17(23)22-11-9-21(10-12-22)16-13-18-7-8-19-16/h3-8,13H,2,9-12H2,1H3,(H,20,23). The lowest BCUT2D eigenvalue weighted by molar-refractivity contribution is 0.208. The van der Waals surface area contributed by atoms with Gasteiger partial charge in [-0.2, -0.15) is 0 Å². The molecule has 0 aliphatic carbocycles. The lowest BCUT2D eigenvalue weighted by Gasteiger charge is -2.35. The largest absolute Gasteiger partial charge is 0.494 e. The molecule has 7 heteroatoms. The first-order valence-corrected chi connectivity index (χ1v) is 8.06. The molecular formula is C17H21N5O2. The predicted octanol–water partition coefficient (Wildman–Crippen LogP) is 2.23. The number of rotatable bonds is 4. The highest BCUT2D eigenvalue weighted by molar-refractivity contribution is 5.89. The van der Waals surface area contributed by atoms with E-state index < -0.39 is 0 Å². The van der Waals surface area contributed by atoms with Crippen molar-refractivity contribution in [3.8, 4) is 5.75 Å². The van der Waals surface area contributed by atoms with Crippen molar-refractivity contribution in [3.63, 3.8) is 0 Å². The summed E-state index contributed by atoms with van der Waals surface area (Å²) in [6, 6.07) is 7.31. The molecule has 1 aromatic carbocycles. The van der Waals surface area contributed by atoms with Gasteiger partial charge in [0.1, 0.15) is 11.6 Å². The molecule has 1 aliphatic heterocycles. The van der Waals surface area contributed by atoms with Crippen LogP contribution in [0.25, 0.3) is 0 Å². The zero-order valence-corrected chi connectivity index (χ0v) is 13.7. The van der Waals surface area contributed by atoms with E-state index in [4.69, 9.17) is 4.74 Å². The molecule has 0 unspecified atom stereocenters. The Balaban J connectivity index is 1.51. The van der Waals surface area contributed by atoms with E-state index in [-0.39, 0.29) is 6.03 Å². The van der Waals surface area contributed by atoms with Crippen LogP contribution in [0, 0.1) is 0 Å². The zero-order valence-electron chi connectivity index (χ0n) is 13.7. The van der Waals surface area contributed by atoms with Gasteiger partial charge in [-0.05, 0) is 31.2 Å². The Bertz CT molecular complexity index is 654. The highest BCUT2D eigenvalue weighted by Crippen LogP contribution is 2.17. The van der Waals surface area contributed by atoms with E-state index in [1.165, 1.54) is 0 Å². The smallest absolute Gasteiger partial charge is 0.321 e. The predicted molar refractivity (Wildman–Crippen MR) is 92.4 cm³/mol. The van der Waals surface area contributed by atoms with E-state index in [2.05, 4.69) is 20.2 Å². The molecule has 0 atom stereocenters. The Labute approximate surface area is 141 Å². The minimum atomic E-state index is -0.0852. The zero-order chi connectivity index (χ0) is 16.8. The molecule has 1 N–H and O–H groups in total. The second-order valence-electron chi connectivity index (χ2n) is 5.43. The molecule has 7 nitrogen and oxygen atoms in total. The number of ether oxygens (including phenoxy) is 1. The summed E-state index contributed by atoms with van der Waals surface area (Å²) in [5.74, 6) is 1.65. The fraction of sp³-hybridized carbons (Fsp3) is 0.353. The van der Waals surface area contributed by atoms with Crippen molar-refractivity contribution >= 4 is 17.5 Å². The molecule has 126 valence electrons. The van der Waals surface area contributed by atoms with Crippen molar-refractivity contribution in [2.75, 3.05) is 43.0 Å². The minimum absolute atomic E-state index is 0.0852. The fourth-order valence-electron chi connectivity index (χ4n) is 2.60. The summed E-state index contributed by atoms with van der Waals surface area (Å²) >= 11 is 0. The Morgan fingerprint density at radius 3 is 2.54 bits per heavy atom. The maximum Gasteiger partial charge on any atom is 0.321 e. The van der Waals surface area contributed by atoms with Gasteiger partial charge in [0.25, 0.3) is 0 Å². The van der Waals surface area contributed by atoms with Gasteiger partial charge in [-0.25, -0.2) is 9.78 Å². The first kappa shape index (κ1) is 16.0. The summed E-state index contributed by atoms with van der Waals surface area (Å²) in [5.41, 5.74) is 0.764. The van der Waals surface area contributed by atoms with Crippen LogP contribution in [0.4, 0.5) is 16.3 Å². The van der Waals surface area contributed by atoms with Crippen molar-refractivity contribution in [1.29, 1.82) is 0 Å². The van der Waals surface area contributed by atoms with Gasteiger partial charge in [0, 0.05) is 44.3 Å². The van der Waals surface area contributed by atoms with Crippen LogP contribution in [0.15, 0.2) is 42.9 Å². The molecule has 24 heavy (non-hydrogen) atoms. The van der Waals surface area contributed by atoms with Gasteiger partial charge in [-0.15, -0.1) is 0 Å². The van der Waals surface area contributed by atoms with Crippen LogP contribution in [-0.4, -0.2) is 53.7 Å². The molecule has 0 radical (unpaired) electrons. The van der Waals surface area contributed by atoms with Crippen LogP contribution in [0.2, 0.25) is 0 Å². The van der Waals surface area contributed by atoms with Gasteiger partial charge >= 0.3 is 6.03 Å². The topological polar surface area (TPSA) is 70.6 Å². The molecule has 3 rings (SSSR count). The quantitative estimate of drug-likeness (QED) is 0.932. The lowest BCUT2D eigenvalue weighted by atomic mass is 10.3. The van der Waals surface area contributed by atoms with Gasteiger partial charge < -0.3 is 19.9 Å². The molecular weight excluding hydrogens is 306 g/mol. The summed E-state index contributed by atoms with van der Waals surface area (Å²) in [6.45, 7) is 5.36. The number of hydrogen-bond donors (Lipinski definition) is 1. The molecule has 0 saturated carbocycles. The van der Waals surface area contributed by atoms with Crippen LogP contribution < -0.4 is 15.0 Å². The van der Waals surface area contributed by atoms with Crippen LogP contribution >= 0.6 is 0 Å². The Hall–Kier alpha value is -2.83. The Morgan fingerprint density at radius 2 is 1.92 bits per heavy atom. The van der Waals surface area contributed by atoms with E-state index >= 15 is 0 Å². The van der Waals surface area contributed by atoms with Crippen molar-refractivity contribution in [1.82, 2.24) is 14.9 Å². The number of benzene rings is 1. The third kappa shape index (κ3) is 3.92. The maximum absolute atomic E-state index is 12.4. The summed E-state index contributed by atoms with van der Waals surface area (Å²) in [4.78, 5) is 24.7. The number of aromatic nitrogens is 2. The molecule has 2 aromatic rings. The number of piperazine rings is 1. The number of nitrogens with zero attached hydrogens (tertiary/aromatic N) is 4. The molecule has 1 fully saturated rings. The van der Waals surface area contributed by atoms with E-state index in [1.807, 2.05) is 36.1 Å². The molecule has 1 aromatic heterocycles. The highest BCUT2D eigenvalue weighted by atomic mass is 16.5. The van der Waals surface area contributed by atoms with E-state index in [9.17, 15) is 4.79 Å². The van der Waals surface area contributed by atoms with Crippen molar-refractivity contribution in [2.45, 2.75) is 6.92 Å². The number of hydrogen-bond acceptors (Lipinski definition) is 5. The van der Waals surface area contributed by atoms with Crippen molar-refractivity contribution in [2.24, 2.45) is 0 Å². The second-order valence-corrected chi connectivity index (χ2v) is 5.43. The third-order valence-electron chi connectivity index (χ3n) is 3.86. The summed E-state index contributed by atoms with van der Waals surface area (Å²) in [6.07, 6.45) is 5.08. The van der Waals surface area contributed by atoms with Crippen molar-refractivity contribution in [3.05, 3.63) is 42.9 Å². The molecule has 2 heterocycles. The van der Waals surface area contributed by atoms with Crippen LogP contribution in [0.1, 0.15) is 6.92 Å². The third-order valence-corrected chi connectivity index (χ3v) is 3.86. The van der Waals surface area contributed by atoms with Gasteiger partial charge in [-0.3, -0.25) is 4.98 Å². The fourth-order valence-corrected chi connectivity index (χ4v) is 2.60. The molecule has 1 saturated heterocycles.